The molecule has 0 N–H and O–H groups in total. The van der Waals surface area contributed by atoms with Gasteiger partial charge in [0.1, 0.15) is 0 Å². The summed E-state index contributed by atoms with van der Waals surface area (Å²) < 4.78 is 59.1. The molecule has 0 amide bonds. The lowest BCUT2D eigenvalue weighted by atomic mass is 10.4. The van der Waals surface area contributed by atoms with E-state index in [1.54, 1.807) is 0 Å². The molecule has 0 spiro atoms. The highest BCUT2D eigenvalue weighted by Crippen LogP contribution is 2.22. The molecule has 8 heteroatoms. The van der Waals surface area contributed by atoms with Crippen molar-refractivity contribution in [3.05, 3.63) is 23.0 Å². The molecule has 0 radical (unpaired) electrons. The van der Waals surface area contributed by atoms with Gasteiger partial charge in [-0.15, -0.1) is 11.3 Å². The lowest BCUT2D eigenvalue weighted by Crippen LogP contribution is -2.06. The molecule has 0 saturated heterocycles. The van der Waals surface area contributed by atoms with E-state index in [9.17, 15) is 21.6 Å². The molecule has 0 aliphatic rings. The number of hydrogen-bond donors (Lipinski definition) is 0. The van der Waals surface area contributed by atoms with Crippen LogP contribution in [-0.2, 0) is 16.3 Å². The van der Waals surface area contributed by atoms with E-state index in [0.29, 0.717) is 6.42 Å². The maximum Gasteiger partial charge on any atom is 0.301 e. The van der Waals surface area contributed by atoms with E-state index >= 15 is 0 Å². The highest BCUT2D eigenvalue weighted by molar-refractivity contribution is 7.93. The molecule has 3 nitrogen and oxygen atoms in total. The zero-order valence-electron chi connectivity index (χ0n) is 8.91. The maximum absolute atomic E-state index is 12.5. The molecule has 17 heavy (non-hydrogen) atoms. The zero-order valence-corrected chi connectivity index (χ0v) is 10.5. The largest absolute Gasteiger partial charge is 0.301 e. The second-order valence-electron chi connectivity index (χ2n) is 3.18. The summed E-state index contributed by atoms with van der Waals surface area (Å²) in [5.74, 6) is -2.40. The number of thiazole rings is 1. The Bertz CT molecular complexity index is 518. The van der Waals surface area contributed by atoms with Crippen LogP contribution < -0.4 is 0 Å². The third-order valence-corrected chi connectivity index (χ3v) is 5.27. The normalized spacial score (nSPS) is 11.5. The van der Waals surface area contributed by atoms with Crippen LogP contribution in [0.3, 0.4) is 0 Å². The first-order chi connectivity index (χ1) is 7.86. The van der Waals surface area contributed by atoms with Crippen molar-refractivity contribution in [3.63, 3.8) is 0 Å². The second-order valence-corrected chi connectivity index (χ2v) is 6.58. The third-order valence-electron chi connectivity index (χ3n) is 1.94. The lowest BCUT2D eigenvalue weighted by molar-refractivity contribution is 0.373. The minimum atomic E-state index is -3.78. The highest BCUT2D eigenvalue weighted by atomic mass is 32.2. The van der Waals surface area contributed by atoms with Crippen molar-refractivity contribution >= 4 is 21.2 Å². The molecule has 1 aromatic heterocycles. The zero-order chi connectivity index (χ0) is 13.1. The molecular weight excluding hydrogens is 275 g/mol. The second kappa shape index (κ2) is 5.63. The molecular formula is C9H10F3NO2S2. The first-order valence-electron chi connectivity index (χ1n) is 4.74. The first kappa shape index (κ1) is 14.2. The summed E-state index contributed by atoms with van der Waals surface area (Å²) >= 11 is 0.975. The summed E-state index contributed by atoms with van der Waals surface area (Å²) in [7, 11) is -3.78. The van der Waals surface area contributed by atoms with E-state index in [4.69, 9.17) is 0 Å². The molecule has 0 aliphatic carbocycles. The Morgan fingerprint density at radius 1 is 1.41 bits per heavy atom. The Labute approximate surface area is 101 Å². The van der Waals surface area contributed by atoms with E-state index < -0.39 is 33.9 Å². The number of sulfone groups is 1. The molecule has 0 aromatic carbocycles. The highest BCUT2D eigenvalue weighted by Gasteiger charge is 2.20. The molecule has 1 rings (SSSR count). The number of aryl methyl sites for hydroxylation is 1. The van der Waals surface area contributed by atoms with Crippen molar-refractivity contribution in [2.24, 2.45) is 0 Å². The van der Waals surface area contributed by atoms with Crippen LogP contribution >= 0.6 is 11.3 Å². The maximum atomic E-state index is 12.5. The van der Waals surface area contributed by atoms with E-state index in [1.807, 2.05) is 6.92 Å². The number of hydrogen-bond acceptors (Lipinski definition) is 4. The summed E-state index contributed by atoms with van der Waals surface area (Å²) in [5, 5.41) is 0. The van der Waals surface area contributed by atoms with E-state index in [0.717, 1.165) is 16.2 Å². The predicted molar refractivity (Wildman–Crippen MR) is 58.5 cm³/mol. The number of rotatable bonds is 5. The van der Waals surface area contributed by atoms with Crippen LogP contribution in [0.5, 0.6) is 0 Å². The van der Waals surface area contributed by atoms with Crippen LogP contribution in [0.15, 0.2) is 22.4 Å². The van der Waals surface area contributed by atoms with Crippen molar-refractivity contribution in [1.29, 1.82) is 0 Å². The van der Waals surface area contributed by atoms with Gasteiger partial charge in [0.25, 0.3) is 0 Å². The fourth-order valence-corrected chi connectivity index (χ4v) is 3.50. The summed E-state index contributed by atoms with van der Waals surface area (Å²) in [6.07, 6.45) is -1.25. The average Bonchev–Trinajstić information content (AvgIpc) is 2.75. The minimum Gasteiger partial charge on any atom is -0.233 e. The summed E-state index contributed by atoms with van der Waals surface area (Å²) in [6.45, 7) is 1.84. The van der Waals surface area contributed by atoms with Gasteiger partial charge in [0.2, 0.25) is 14.2 Å². The summed E-state index contributed by atoms with van der Waals surface area (Å²) in [4.78, 5) is 4.46. The van der Waals surface area contributed by atoms with Crippen LogP contribution in [0.2, 0.25) is 0 Å². The van der Waals surface area contributed by atoms with Gasteiger partial charge in [-0.25, -0.2) is 17.8 Å². The van der Waals surface area contributed by atoms with Crippen molar-refractivity contribution in [3.8, 4) is 0 Å². The van der Waals surface area contributed by atoms with Gasteiger partial charge in [-0.05, 0) is 6.42 Å². The molecule has 0 unspecified atom stereocenters. The van der Waals surface area contributed by atoms with E-state index in [2.05, 4.69) is 4.98 Å². The Kier molecular flexibility index (Phi) is 4.70. The molecule has 0 fully saturated rings. The topological polar surface area (TPSA) is 47.0 Å². The van der Waals surface area contributed by atoms with Gasteiger partial charge in [-0.2, -0.15) is 8.78 Å². The molecule has 1 aromatic rings. The van der Waals surface area contributed by atoms with Crippen molar-refractivity contribution in [2.75, 3.05) is 5.75 Å². The lowest BCUT2D eigenvalue weighted by Gasteiger charge is -1.98. The summed E-state index contributed by atoms with van der Waals surface area (Å²) in [6, 6.07) is 0. The Hall–Kier alpha value is -0.890. The van der Waals surface area contributed by atoms with Crippen molar-refractivity contribution in [2.45, 2.75) is 24.1 Å². The quantitative estimate of drug-likeness (QED) is 0.835. The van der Waals surface area contributed by atoms with Crippen LogP contribution in [0.4, 0.5) is 13.2 Å². The SMILES string of the molecule is CCc1cnc(S(=O)(=O)CCC(F)=C(F)F)s1. The Morgan fingerprint density at radius 2 is 2.06 bits per heavy atom. The van der Waals surface area contributed by atoms with Crippen LogP contribution in [0.25, 0.3) is 0 Å². The minimum absolute atomic E-state index is 0.151. The van der Waals surface area contributed by atoms with Crippen molar-refractivity contribution in [1.82, 2.24) is 4.98 Å². The monoisotopic (exact) mass is 285 g/mol. The van der Waals surface area contributed by atoms with Gasteiger partial charge in [-0.3, -0.25) is 0 Å². The fourth-order valence-electron chi connectivity index (χ4n) is 1.00. The molecule has 0 bridgehead atoms. The van der Waals surface area contributed by atoms with Gasteiger partial charge in [0, 0.05) is 17.5 Å². The fraction of sp³-hybridized carbons (Fsp3) is 0.444. The summed E-state index contributed by atoms with van der Waals surface area (Å²) in [5.41, 5.74) is 0. The van der Waals surface area contributed by atoms with Gasteiger partial charge in [0.15, 0.2) is 5.83 Å². The molecule has 1 heterocycles. The number of halogens is 3. The first-order valence-corrected chi connectivity index (χ1v) is 7.20. The molecule has 0 aliphatic heterocycles. The van der Waals surface area contributed by atoms with Gasteiger partial charge < -0.3 is 0 Å². The number of nitrogens with zero attached hydrogens (tertiary/aromatic N) is 1. The standard InChI is InChI=1S/C9H10F3NO2S2/c1-2-6-5-13-9(16-6)17(14,15)4-3-7(10)8(11)12/h5H,2-4H2,1H3. The predicted octanol–water partition coefficient (Wildman–Crippen LogP) is 2.95. The average molecular weight is 285 g/mol. The molecule has 0 atom stereocenters. The smallest absolute Gasteiger partial charge is 0.233 e. The van der Waals surface area contributed by atoms with Crippen LogP contribution in [0, 0.1) is 0 Å². The van der Waals surface area contributed by atoms with Gasteiger partial charge >= 0.3 is 6.08 Å². The third kappa shape index (κ3) is 3.81. The Morgan fingerprint density at radius 3 is 2.53 bits per heavy atom. The Balaban J connectivity index is 2.79. The van der Waals surface area contributed by atoms with E-state index in [1.165, 1.54) is 6.20 Å². The molecule has 0 saturated carbocycles. The number of allylic oxidation sites excluding steroid dienone is 1. The van der Waals surface area contributed by atoms with E-state index in [-0.39, 0.29) is 4.34 Å². The van der Waals surface area contributed by atoms with Crippen LogP contribution in [-0.4, -0.2) is 19.2 Å². The van der Waals surface area contributed by atoms with Gasteiger partial charge in [0.05, 0.1) is 5.75 Å². The molecule has 96 valence electrons. The number of aromatic nitrogens is 1. The van der Waals surface area contributed by atoms with Crippen LogP contribution in [0.1, 0.15) is 18.2 Å². The van der Waals surface area contributed by atoms with Gasteiger partial charge in [-0.1, -0.05) is 6.92 Å². The van der Waals surface area contributed by atoms with Crippen molar-refractivity contribution < 1.29 is 21.6 Å².